The first-order chi connectivity index (χ1) is 9.61. The first-order valence-corrected chi connectivity index (χ1v) is 6.57. The van der Waals surface area contributed by atoms with E-state index in [0.29, 0.717) is 21.6 Å². The second-order valence-corrected chi connectivity index (χ2v) is 5.34. The fourth-order valence-corrected chi connectivity index (χ4v) is 2.67. The Balaban J connectivity index is 1.81. The molecule has 1 aromatic carbocycles. The predicted octanol–water partition coefficient (Wildman–Crippen LogP) is 3.11. The number of anilines is 2. The zero-order valence-electron chi connectivity index (χ0n) is 10.4. The van der Waals surface area contributed by atoms with Crippen LogP contribution in [0.25, 0.3) is 10.2 Å². The molecule has 2 amide bonds. The molecule has 3 rings (SSSR count). The summed E-state index contributed by atoms with van der Waals surface area (Å²) in [5.74, 6) is -0.453. The monoisotopic (exact) mass is 291 g/mol. The van der Waals surface area contributed by atoms with Crippen molar-refractivity contribution in [2.45, 2.75) is 6.92 Å². The average molecular weight is 291 g/mol. The van der Waals surface area contributed by atoms with Gasteiger partial charge >= 0.3 is 6.03 Å². The van der Waals surface area contributed by atoms with Gasteiger partial charge < -0.3 is 10.6 Å². The first-order valence-electron chi connectivity index (χ1n) is 5.75. The summed E-state index contributed by atoms with van der Waals surface area (Å²) in [4.78, 5) is 15.8. The molecule has 20 heavy (non-hydrogen) atoms. The van der Waals surface area contributed by atoms with Crippen molar-refractivity contribution in [2.75, 3.05) is 10.6 Å². The number of hydrogen-bond donors (Lipinski definition) is 3. The van der Waals surface area contributed by atoms with Crippen molar-refractivity contribution < 1.29 is 9.18 Å². The largest absolute Gasteiger partial charge is 0.323 e. The summed E-state index contributed by atoms with van der Waals surface area (Å²) in [6.45, 7) is 1.81. The number of urea groups is 1. The van der Waals surface area contributed by atoms with Gasteiger partial charge in [-0.1, -0.05) is 0 Å². The summed E-state index contributed by atoms with van der Waals surface area (Å²) in [5, 5.41) is 12.2. The maximum absolute atomic E-state index is 13.8. The summed E-state index contributed by atoms with van der Waals surface area (Å²) in [6.07, 6.45) is 3.01. The summed E-state index contributed by atoms with van der Waals surface area (Å²) in [5.41, 5.74) is 1.23. The number of nitrogens with zero attached hydrogens (tertiary/aromatic N) is 2. The lowest BCUT2D eigenvalue weighted by Gasteiger charge is -2.06. The molecule has 0 saturated heterocycles. The van der Waals surface area contributed by atoms with Gasteiger partial charge in [-0.25, -0.2) is 14.2 Å². The second-order valence-electron chi connectivity index (χ2n) is 4.10. The zero-order valence-corrected chi connectivity index (χ0v) is 11.2. The van der Waals surface area contributed by atoms with Crippen LogP contribution in [0.15, 0.2) is 24.5 Å². The van der Waals surface area contributed by atoms with E-state index < -0.39 is 11.8 Å². The Bertz CT molecular complexity index is 768. The van der Waals surface area contributed by atoms with E-state index >= 15 is 0 Å². The van der Waals surface area contributed by atoms with Crippen LogP contribution in [-0.4, -0.2) is 21.2 Å². The molecular weight excluding hydrogens is 281 g/mol. The molecule has 0 bridgehead atoms. The smallest absolute Gasteiger partial charge is 0.308 e. The lowest BCUT2D eigenvalue weighted by molar-refractivity contribution is 0.262. The molecule has 3 aromatic rings. The first kappa shape index (κ1) is 12.5. The Kier molecular flexibility index (Phi) is 3.07. The standard InChI is InChI=1S/C12H10FN5OS/c1-6-16-11-9(13)2-7(3-10(11)20-6)17-12(19)18-8-4-14-15-5-8/h2-5H,1H3,(H,14,15)(H2,17,18,19). The third-order valence-corrected chi connectivity index (χ3v) is 3.49. The summed E-state index contributed by atoms with van der Waals surface area (Å²) < 4.78 is 14.5. The van der Waals surface area contributed by atoms with E-state index in [1.165, 1.54) is 29.8 Å². The van der Waals surface area contributed by atoms with E-state index in [4.69, 9.17) is 0 Å². The maximum atomic E-state index is 13.8. The van der Waals surface area contributed by atoms with Crippen LogP contribution < -0.4 is 10.6 Å². The van der Waals surface area contributed by atoms with Crippen LogP contribution in [0.2, 0.25) is 0 Å². The fraction of sp³-hybridized carbons (Fsp3) is 0.0833. The number of aryl methyl sites for hydroxylation is 1. The van der Waals surface area contributed by atoms with Gasteiger partial charge in [0.15, 0.2) is 5.82 Å². The van der Waals surface area contributed by atoms with Gasteiger partial charge in [-0.05, 0) is 19.1 Å². The third kappa shape index (κ3) is 2.45. The minimum atomic E-state index is -0.466. The molecule has 8 heteroatoms. The molecule has 0 atom stereocenters. The number of amides is 2. The number of hydrogen-bond acceptors (Lipinski definition) is 4. The van der Waals surface area contributed by atoms with Crippen molar-refractivity contribution in [3.8, 4) is 0 Å². The number of fused-ring (bicyclic) bond motifs is 1. The minimum absolute atomic E-state index is 0.327. The van der Waals surface area contributed by atoms with Crippen molar-refractivity contribution >= 4 is 39.0 Å². The number of halogens is 1. The van der Waals surface area contributed by atoms with E-state index in [9.17, 15) is 9.18 Å². The van der Waals surface area contributed by atoms with E-state index in [1.807, 2.05) is 6.92 Å². The highest BCUT2D eigenvalue weighted by atomic mass is 32.1. The summed E-state index contributed by atoms with van der Waals surface area (Å²) in [7, 11) is 0. The number of H-pyrrole nitrogens is 1. The van der Waals surface area contributed by atoms with E-state index in [1.54, 1.807) is 6.07 Å². The number of aromatic nitrogens is 3. The zero-order chi connectivity index (χ0) is 14.1. The molecule has 102 valence electrons. The molecule has 0 saturated carbocycles. The van der Waals surface area contributed by atoms with Gasteiger partial charge in [0, 0.05) is 11.9 Å². The molecule has 2 heterocycles. The van der Waals surface area contributed by atoms with E-state index in [2.05, 4.69) is 25.8 Å². The Labute approximate surface area is 117 Å². The van der Waals surface area contributed by atoms with Gasteiger partial charge in [-0.15, -0.1) is 11.3 Å². The number of carbonyl (C=O) groups excluding carboxylic acids is 1. The second kappa shape index (κ2) is 4.89. The van der Waals surface area contributed by atoms with E-state index in [0.717, 1.165) is 5.01 Å². The van der Waals surface area contributed by atoms with Crippen molar-refractivity contribution in [3.63, 3.8) is 0 Å². The Hall–Kier alpha value is -2.48. The number of carbonyl (C=O) groups is 1. The van der Waals surface area contributed by atoms with Crippen molar-refractivity contribution in [1.82, 2.24) is 15.2 Å². The molecule has 6 nitrogen and oxygen atoms in total. The minimum Gasteiger partial charge on any atom is -0.308 e. The van der Waals surface area contributed by atoms with Crippen LogP contribution >= 0.6 is 11.3 Å². The predicted molar refractivity (Wildman–Crippen MR) is 75.5 cm³/mol. The van der Waals surface area contributed by atoms with Crippen LogP contribution in [-0.2, 0) is 0 Å². The molecule has 0 radical (unpaired) electrons. The topological polar surface area (TPSA) is 82.7 Å². The average Bonchev–Trinajstić information content (AvgIpc) is 2.98. The molecule has 0 aliphatic heterocycles. The van der Waals surface area contributed by atoms with Crippen LogP contribution in [0.4, 0.5) is 20.6 Å². The van der Waals surface area contributed by atoms with Crippen molar-refractivity contribution in [2.24, 2.45) is 0 Å². The number of benzene rings is 1. The number of thiazole rings is 1. The highest BCUT2D eigenvalue weighted by Crippen LogP contribution is 2.27. The van der Waals surface area contributed by atoms with Gasteiger partial charge in [-0.2, -0.15) is 5.10 Å². The fourth-order valence-electron chi connectivity index (χ4n) is 1.78. The Morgan fingerprint density at radius 3 is 2.90 bits per heavy atom. The Morgan fingerprint density at radius 1 is 1.35 bits per heavy atom. The SMILES string of the molecule is Cc1nc2c(F)cc(NC(=O)Nc3cn[nH]c3)cc2s1. The van der Waals surface area contributed by atoms with Crippen LogP contribution in [0.1, 0.15) is 5.01 Å². The highest BCUT2D eigenvalue weighted by Gasteiger charge is 2.10. The van der Waals surface area contributed by atoms with Gasteiger partial charge in [-0.3, -0.25) is 5.10 Å². The number of nitrogens with one attached hydrogen (secondary N) is 3. The van der Waals surface area contributed by atoms with Crippen molar-refractivity contribution in [3.05, 3.63) is 35.4 Å². The van der Waals surface area contributed by atoms with Gasteiger partial charge in [0.05, 0.1) is 21.6 Å². The quantitative estimate of drug-likeness (QED) is 0.678. The maximum Gasteiger partial charge on any atom is 0.323 e. The molecule has 0 aliphatic rings. The summed E-state index contributed by atoms with van der Waals surface area (Å²) >= 11 is 1.38. The summed E-state index contributed by atoms with van der Waals surface area (Å²) in [6, 6.07) is 2.47. The van der Waals surface area contributed by atoms with Crippen molar-refractivity contribution in [1.29, 1.82) is 0 Å². The molecule has 0 spiro atoms. The van der Waals surface area contributed by atoms with Crippen LogP contribution in [0.3, 0.4) is 0 Å². The molecular formula is C12H10FN5OS. The lowest BCUT2D eigenvalue weighted by Crippen LogP contribution is -2.19. The third-order valence-electron chi connectivity index (χ3n) is 2.57. The number of rotatable bonds is 2. The van der Waals surface area contributed by atoms with E-state index in [-0.39, 0.29) is 0 Å². The van der Waals surface area contributed by atoms with Gasteiger partial charge in [0.2, 0.25) is 0 Å². The van der Waals surface area contributed by atoms with Crippen LogP contribution in [0, 0.1) is 12.7 Å². The number of aromatic amines is 1. The highest BCUT2D eigenvalue weighted by molar-refractivity contribution is 7.18. The Morgan fingerprint density at radius 2 is 2.15 bits per heavy atom. The molecule has 0 aliphatic carbocycles. The molecule has 2 aromatic heterocycles. The molecule has 0 unspecified atom stereocenters. The molecule has 0 fully saturated rings. The normalized spacial score (nSPS) is 10.7. The van der Waals surface area contributed by atoms with Gasteiger partial charge in [0.25, 0.3) is 0 Å². The van der Waals surface area contributed by atoms with Gasteiger partial charge in [0.1, 0.15) is 5.52 Å². The van der Waals surface area contributed by atoms with Crippen LogP contribution in [0.5, 0.6) is 0 Å². The lowest BCUT2D eigenvalue weighted by atomic mass is 10.3. The molecule has 3 N–H and O–H groups in total.